The first-order valence-corrected chi connectivity index (χ1v) is 13.9. The molecule has 37 heavy (non-hydrogen) atoms. The second kappa shape index (κ2) is 11.0. The van der Waals surface area contributed by atoms with Crippen molar-refractivity contribution >= 4 is 55.7 Å². The smallest absolute Gasteiger partial charge is 0.311 e. The summed E-state index contributed by atoms with van der Waals surface area (Å²) in [5.41, 5.74) is 1.49. The Balaban J connectivity index is 1.64. The van der Waals surface area contributed by atoms with Crippen LogP contribution in [0.25, 0.3) is 0 Å². The number of carbonyl (C=O) groups is 2. The van der Waals surface area contributed by atoms with Gasteiger partial charge in [0.1, 0.15) is 23.0 Å². The highest BCUT2D eigenvalue weighted by Gasteiger charge is 2.34. The molecule has 0 unspecified atom stereocenters. The third-order valence-electron chi connectivity index (χ3n) is 5.42. The number of hydrogen-bond acceptors (Lipinski definition) is 9. The van der Waals surface area contributed by atoms with Crippen LogP contribution in [0.2, 0.25) is 5.02 Å². The minimum absolute atomic E-state index is 0.00468. The molecule has 0 bridgehead atoms. The van der Waals surface area contributed by atoms with Gasteiger partial charge in [0.25, 0.3) is 15.9 Å². The summed E-state index contributed by atoms with van der Waals surface area (Å²) in [5.74, 6) is -0.399. The minimum Gasteiger partial charge on any atom is -0.495 e. The Hall–Kier alpha value is -3.35. The molecular weight excluding hydrogens is 542 g/mol. The molecular formula is C24H24ClN3O7S2. The molecule has 3 aromatic rings. The number of fused-ring (bicyclic) bond motifs is 1. The Morgan fingerprint density at radius 1 is 1.27 bits per heavy atom. The molecule has 0 aliphatic carbocycles. The number of aryl methyl sites for hydroxylation is 1. The molecule has 0 radical (unpaired) electrons. The zero-order chi connectivity index (χ0) is 26.7. The molecule has 10 nitrogen and oxygen atoms in total. The van der Waals surface area contributed by atoms with Crippen LogP contribution < -0.4 is 19.1 Å². The first kappa shape index (κ1) is 26.7. The Morgan fingerprint density at radius 3 is 2.78 bits per heavy atom. The van der Waals surface area contributed by atoms with Gasteiger partial charge in [-0.2, -0.15) is 0 Å². The first-order chi connectivity index (χ1) is 17.6. The van der Waals surface area contributed by atoms with E-state index in [9.17, 15) is 18.0 Å². The van der Waals surface area contributed by atoms with Crippen molar-refractivity contribution in [3.8, 4) is 11.5 Å². The summed E-state index contributed by atoms with van der Waals surface area (Å²) in [7, 11) is -2.74. The number of anilines is 2. The number of halogens is 1. The van der Waals surface area contributed by atoms with Crippen LogP contribution in [0.5, 0.6) is 11.5 Å². The van der Waals surface area contributed by atoms with E-state index in [4.69, 9.17) is 25.8 Å². The maximum atomic E-state index is 13.7. The quantitative estimate of drug-likeness (QED) is 0.406. The SMILES string of the molecule is CCOC(=O)Cc1csc(NC(=O)c2cc(C)c3c(c2)N(S(=O)(=O)c2cc(Cl)ccc2OC)CCO3)n1. The molecule has 1 aromatic heterocycles. The zero-order valence-corrected chi connectivity index (χ0v) is 22.6. The average molecular weight is 566 g/mol. The van der Waals surface area contributed by atoms with Gasteiger partial charge in [-0.15, -0.1) is 11.3 Å². The van der Waals surface area contributed by atoms with E-state index in [0.717, 1.165) is 11.3 Å². The van der Waals surface area contributed by atoms with E-state index in [1.807, 2.05) is 0 Å². The summed E-state index contributed by atoms with van der Waals surface area (Å²) in [6, 6.07) is 7.41. The van der Waals surface area contributed by atoms with E-state index in [0.29, 0.717) is 22.1 Å². The number of carbonyl (C=O) groups excluding carboxylic acids is 2. The molecule has 1 aliphatic heterocycles. The molecule has 0 spiro atoms. The van der Waals surface area contributed by atoms with Crippen molar-refractivity contribution in [3.05, 3.63) is 57.6 Å². The lowest BCUT2D eigenvalue weighted by molar-refractivity contribution is -0.142. The number of aromatic nitrogens is 1. The number of methoxy groups -OCH3 is 1. The van der Waals surface area contributed by atoms with Crippen molar-refractivity contribution in [2.45, 2.75) is 25.2 Å². The predicted molar refractivity (Wildman–Crippen MR) is 140 cm³/mol. The van der Waals surface area contributed by atoms with Crippen molar-refractivity contribution in [3.63, 3.8) is 0 Å². The number of nitrogens with one attached hydrogen (secondary N) is 1. The van der Waals surface area contributed by atoms with Crippen LogP contribution in [0.15, 0.2) is 40.6 Å². The number of esters is 1. The Kier molecular flexibility index (Phi) is 7.90. The summed E-state index contributed by atoms with van der Waals surface area (Å²) < 4.78 is 44.5. The van der Waals surface area contributed by atoms with Gasteiger partial charge in [-0.25, -0.2) is 13.4 Å². The Bertz CT molecular complexity index is 1460. The van der Waals surface area contributed by atoms with Gasteiger partial charge in [-0.1, -0.05) is 11.6 Å². The van der Waals surface area contributed by atoms with Gasteiger partial charge in [0.05, 0.1) is 38.1 Å². The lowest BCUT2D eigenvalue weighted by Gasteiger charge is -2.32. The van der Waals surface area contributed by atoms with E-state index >= 15 is 0 Å². The number of amides is 1. The maximum Gasteiger partial charge on any atom is 0.311 e. The standard InChI is InChI=1S/C24H24ClN3O7S2/c1-4-34-21(29)12-17-13-36-24(26-17)27-23(30)15-9-14(2)22-18(10-15)28(7-8-35-22)37(31,32)20-11-16(25)5-6-19(20)33-3/h5-6,9-11,13H,4,7-8,12H2,1-3H3,(H,26,27,30). The van der Waals surface area contributed by atoms with Crippen molar-refractivity contribution in [1.82, 2.24) is 4.98 Å². The fourth-order valence-corrected chi connectivity index (χ4v) is 6.38. The fourth-order valence-electron chi connectivity index (χ4n) is 3.81. The molecule has 196 valence electrons. The summed E-state index contributed by atoms with van der Waals surface area (Å²) in [6.45, 7) is 3.87. The highest BCUT2D eigenvalue weighted by Crippen LogP contribution is 2.41. The molecule has 1 N–H and O–H groups in total. The minimum atomic E-state index is -4.11. The number of sulfonamides is 1. The number of nitrogens with zero attached hydrogens (tertiary/aromatic N) is 2. The van der Waals surface area contributed by atoms with E-state index in [1.165, 1.54) is 35.7 Å². The third-order valence-corrected chi connectivity index (χ3v) is 8.30. The molecule has 1 aliphatic rings. The molecule has 1 amide bonds. The second-order valence-corrected chi connectivity index (χ2v) is 11.1. The largest absolute Gasteiger partial charge is 0.495 e. The molecule has 0 saturated heterocycles. The van der Waals surface area contributed by atoms with Crippen molar-refractivity contribution in [2.75, 3.05) is 36.5 Å². The summed E-state index contributed by atoms with van der Waals surface area (Å²) in [5, 5.41) is 4.89. The molecule has 4 rings (SSSR count). The second-order valence-electron chi connectivity index (χ2n) is 7.94. The maximum absolute atomic E-state index is 13.7. The van der Waals surface area contributed by atoms with E-state index < -0.39 is 21.9 Å². The lowest BCUT2D eigenvalue weighted by Crippen LogP contribution is -2.38. The number of ether oxygens (including phenoxy) is 3. The highest BCUT2D eigenvalue weighted by molar-refractivity contribution is 7.93. The van der Waals surface area contributed by atoms with Gasteiger partial charge >= 0.3 is 5.97 Å². The molecule has 2 heterocycles. The van der Waals surface area contributed by atoms with Gasteiger partial charge in [0.15, 0.2) is 5.13 Å². The van der Waals surface area contributed by atoms with Crippen molar-refractivity contribution in [1.29, 1.82) is 0 Å². The Labute approximate surface area is 223 Å². The summed E-state index contributed by atoms with van der Waals surface area (Å²) >= 11 is 7.25. The number of hydrogen-bond donors (Lipinski definition) is 1. The van der Waals surface area contributed by atoms with Gasteiger partial charge in [-0.3, -0.25) is 19.2 Å². The summed E-state index contributed by atoms with van der Waals surface area (Å²) in [6.07, 6.45) is -0.00468. The van der Waals surface area contributed by atoms with Gasteiger partial charge in [0.2, 0.25) is 0 Å². The summed E-state index contributed by atoms with van der Waals surface area (Å²) in [4.78, 5) is 28.9. The van der Waals surface area contributed by atoms with E-state index in [-0.39, 0.29) is 53.1 Å². The molecule has 2 aromatic carbocycles. The third kappa shape index (κ3) is 5.65. The number of thiazole rings is 1. The van der Waals surface area contributed by atoms with Crippen LogP contribution in [-0.4, -0.2) is 52.1 Å². The first-order valence-electron chi connectivity index (χ1n) is 11.2. The van der Waals surface area contributed by atoms with Crippen LogP contribution in [-0.2, 0) is 26.0 Å². The topological polar surface area (TPSA) is 124 Å². The zero-order valence-electron chi connectivity index (χ0n) is 20.2. The monoisotopic (exact) mass is 565 g/mol. The van der Waals surface area contributed by atoms with Gasteiger partial charge in [-0.05, 0) is 49.7 Å². The van der Waals surface area contributed by atoms with Crippen molar-refractivity contribution in [2.24, 2.45) is 0 Å². The molecule has 13 heteroatoms. The van der Waals surface area contributed by atoms with Crippen LogP contribution in [0.3, 0.4) is 0 Å². The van der Waals surface area contributed by atoms with Crippen LogP contribution >= 0.6 is 22.9 Å². The molecule has 0 saturated carbocycles. The van der Waals surface area contributed by atoms with E-state index in [1.54, 1.807) is 25.3 Å². The van der Waals surface area contributed by atoms with Crippen LogP contribution in [0.1, 0.15) is 28.5 Å². The normalized spacial score (nSPS) is 12.9. The van der Waals surface area contributed by atoms with Crippen molar-refractivity contribution < 1.29 is 32.2 Å². The van der Waals surface area contributed by atoms with Gasteiger partial charge in [0, 0.05) is 16.0 Å². The molecule has 0 atom stereocenters. The molecule has 0 fully saturated rings. The Morgan fingerprint density at radius 2 is 2.05 bits per heavy atom. The highest BCUT2D eigenvalue weighted by atomic mass is 35.5. The van der Waals surface area contributed by atoms with Crippen LogP contribution in [0, 0.1) is 6.92 Å². The average Bonchev–Trinajstić information content (AvgIpc) is 3.30. The lowest BCUT2D eigenvalue weighted by atomic mass is 10.1. The van der Waals surface area contributed by atoms with Crippen LogP contribution in [0.4, 0.5) is 10.8 Å². The fraction of sp³-hybridized carbons (Fsp3) is 0.292. The predicted octanol–water partition coefficient (Wildman–Crippen LogP) is 4.06. The number of benzene rings is 2. The van der Waals surface area contributed by atoms with E-state index in [2.05, 4.69) is 10.3 Å². The number of rotatable bonds is 8. The van der Waals surface area contributed by atoms with Gasteiger partial charge < -0.3 is 14.2 Å².